The van der Waals surface area contributed by atoms with Crippen molar-refractivity contribution in [2.24, 2.45) is 0 Å². The van der Waals surface area contributed by atoms with Crippen molar-refractivity contribution in [1.82, 2.24) is 15.2 Å². The van der Waals surface area contributed by atoms with Crippen LogP contribution in [0, 0.1) is 18.3 Å². The Morgan fingerprint density at radius 1 is 1.29 bits per heavy atom. The quantitative estimate of drug-likeness (QED) is 0.774. The summed E-state index contributed by atoms with van der Waals surface area (Å²) < 4.78 is 0. The number of anilines is 1. The van der Waals surface area contributed by atoms with E-state index in [4.69, 9.17) is 5.26 Å². The zero-order chi connectivity index (χ0) is 14.7. The highest BCUT2D eigenvalue weighted by atomic mass is 32.1. The van der Waals surface area contributed by atoms with E-state index in [9.17, 15) is 0 Å². The van der Waals surface area contributed by atoms with Gasteiger partial charge in [0.1, 0.15) is 16.8 Å². The molecule has 0 amide bonds. The van der Waals surface area contributed by atoms with Gasteiger partial charge in [-0.15, -0.1) is 11.3 Å². The first-order chi connectivity index (χ1) is 10.3. The van der Waals surface area contributed by atoms with Crippen molar-refractivity contribution in [2.45, 2.75) is 13.5 Å². The van der Waals surface area contributed by atoms with E-state index in [1.54, 1.807) is 0 Å². The molecular weight excluding hydrogens is 282 g/mol. The molecule has 0 bridgehead atoms. The first-order valence-corrected chi connectivity index (χ1v) is 7.29. The summed E-state index contributed by atoms with van der Waals surface area (Å²) in [6.07, 6.45) is 0. The number of aromatic amines is 1. The maximum absolute atomic E-state index is 8.85. The van der Waals surface area contributed by atoms with Gasteiger partial charge in [0.05, 0.1) is 0 Å². The number of rotatable bonds is 4. The Hall–Kier alpha value is -2.65. The third kappa shape index (κ3) is 2.93. The molecular formula is C15H13N5S. The Labute approximate surface area is 126 Å². The minimum absolute atomic E-state index is 0.673. The third-order valence-corrected chi connectivity index (χ3v) is 3.98. The summed E-state index contributed by atoms with van der Waals surface area (Å²) in [7, 11) is 0. The van der Waals surface area contributed by atoms with Crippen LogP contribution in [0.5, 0.6) is 0 Å². The Kier molecular flexibility index (Phi) is 3.67. The van der Waals surface area contributed by atoms with Crippen LogP contribution in [0.2, 0.25) is 0 Å². The van der Waals surface area contributed by atoms with Gasteiger partial charge in [-0.05, 0) is 31.2 Å². The van der Waals surface area contributed by atoms with Gasteiger partial charge in [-0.25, -0.2) is 4.98 Å². The Bertz CT molecular complexity index is 796. The van der Waals surface area contributed by atoms with Gasteiger partial charge in [0, 0.05) is 22.7 Å². The molecule has 0 fully saturated rings. The summed E-state index contributed by atoms with van der Waals surface area (Å²) in [5.74, 6) is 1.47. The number of para-hydroxylation sites is 1. The number of aryl methyl sites for hydroxylation is 1. The molecule has 0 aliphatic carbocycles. The predicted octanol–water partition coefficient (Wildman–Crippen LogP) is 3.33. The number of H-pyrrole nitrogens is 1. The Morgan fingerprint density at radius 2 is 2.14 bits per heavy atom. The van der Waals surface area contributed by atoms with Gasteiger partial charge < -0.3 is 5.32 Å². The summed E-state index contributed by atoms with van der Waals surface area (Å²) >= 11 is 1.50. The van der Waals surface area contributed by atoms with Crippen LogP contribution in [0.3, 0.4) is 0 Å². The molecule has 0 saturated carbocycles. The van der Waals surface area contributed by atoms with Crippen molar-refractivity contribution >= 4 is 17.0 Å². The second kappa shape index (κ2) is 5.77. The number of benzene rings is 1. The van der Waals surface area contributed by atoms with Crippen molar-refractivity contribution in [3.05, 3.63) is 52.0 Å². The van der Waals surface area contributed by atoms with E-state index in [-0.39, 0.29) is 0 Å². The predicted molar refractivity (Wildman–Crippen MR) is 82.9 cm³/mol. The van der Waals surface area contributed by atoms with Gasteiger partial charge >= 0.3 is 0 Å². The summed E-state index contributed by atoms with van der Waals surface area (Å²) in [5.41, 5.74) is 1.93. The lowest BCUT2D eigenvalue weighted by molar-refractivity contribution is 1.04. The van der Waals surface area contributed by atoms with Crippen LogP contribution in [0.15, 0.2) is 36.4 Å². The monoisotopic (exact) mass is 295 g/mol. The van der Waals surface area contributed by atoms with Crippen molar-refractivity contribution in [2.75, 3.05) is 5.32 Å². The molecule has 0 unspecified atom stereocenters. The highest BCUT2D eigenvalue weighted by Crippen LogP contribution is 2.26. The molecule has 0 aliphatic rings. The minimum atomic E-state index is 0.673. The number of aromatic nitrogens is 3. The van der Waals surface area contributed by atoms with E-state index in [0.29, 0.717) is 12.4 Å². The van der Waals surface area contributed by atoms with E-state index in [0.717, 1.165) is 26.8 Å². The van der Waals surface area contributed by atoms with Crippen molar-refractivity contribution in [1.29, 1.82) is 5.26 Å². The molecule has 0 atom stereocenters. The normalized spacial score (nSPS) is 10.3. The molecule has 2 aromatic heterocycles. The first-order valence-electron chi connectivity index (χ1n) is 6.47. The van der Waals surface area contributed by atoms with Crippen molar-refractivity contribution in [3.63, 3.8) is 0 Å². The van der Waals surface area contributed by atoms with Gasteiger partial charge in [-0.1, -0.05) is 12.1 Å². The molecule has 3 rings (SSSR count). The average molecular weight is 295 g/mol. The largest absolute Gasteiger partial charge is 0.380 e. The maximum atomic E-state index is 8.85. The van der Waals surface area contributed by atoms with Crippen molar-refractivity contribution < 1.29 is 0 Å². The maximum Gasteiger partial charge on any atom is 0.183 e. The second-order valence-corrected chi connectivity index (χ2v) is 5.69. The molecule has 21 heavy (non-hydrogen) atoms. The molecule has 0 radical (unpaired) electrons. The molecule has 6 heteroatoms. The number of nitrogens with one attached hydrogen (secondary N) is 2. The minimum Gasteiger partial charge on any atom is -0.380 e. The zero-order valence-electron chi connectivity index (χ0n) is 11.4. The summed E-state index contributed by atoms with van der Waals surface area (Å²) in [5, 5.41) is 19.3. The SMILES string of the molecule is Cc1nc(-c2ccccc2NCc2ccc(C#N)s2)n[nH]1. The van der Waals surface area contributed by atoms with Crippen molar-refractivity contribution in [3.8, 4) is 17.5 Å². The van der Waals surface area contributed by atoms with Gasteiger partial charge in [0.25, 0.3) is 0 Å². The van der Waals surface area contributed by atoms with E-state index >= 15 is 0 Å². The van der Waals surface area contributed by atoms with Crippen LogP contribution >= 0.6 is 11.3 Å². The standard InChI is InChI=1S/C15H13N5S/c1-10-18-15(20-19-10)13-4-2-3-5-14(13)17-9-12-7-6-11(8-16)21-12/h2-7,17H,9H2,1H3,(H,18,19,20). The fourth-order valence-electron chi connectivity index (χ4n) is 2.01. The molecule has 5 nitrogen and oxygen atoms in total. The third-order valence-electron chi connectivity index (χ3n) is 2.99. The van der Waals surface area contributed by atoms with Crippen LogP contribution in [-0.2, 0) is 6.54 Å². The number of nitriles is 1. The summed E-state index contributed by atoms with van der Waals surface area (Å²) in [6, 6.07) is 13.9. The molecule has 1 aromatic carbocycles. The van der Waals surface area contributed by atoms with E-state index in [2.05, 4.69) is 26.6 Å². The van der Waals surface area contributed by atoms with Crippen LogP contribution < -0.4 is 5.32 Å². The molecule has 2 heterocycles. The lowest BCUT2D eigenvalue weighted by Crippen LogP contribution is -1.99. The highest BCUT2D eigenvalue weighted by molar-refractivity contribution is 7.12. The highest BCUT2D eigenvalue weighted by Gasteiger charge is 2.09. The van der Waals surface area contributed by atoms with Gasteiger partial charge in [-0.3, -0.25) is 5.10 Å². The van der Waals surface area contributed by atoms with E-state index in [1.165, 1.54) is 11.3 Å². The van der Waals surface area contributed by atoms with Crippen LogP contribution in [-0.4, -0.2) is 15.2 Å². The fraction of sp³-hybridized carbons (Fsp3) is 0.133. The van der Waals surface area contributed by atoms with Gasteiger partial charge in [-0.2, -0.15) is 10.4 Å². The topological polar surface area (TPSA) is 77.4 Å². The molecule has 0 saturated heterocycles. The molecule has 0 spiro atoms. The molecule has 2 N–H and O–H groups in total. The van der Waals surface area contributed by atoms with Gasteiger partial charge in [0.15, 0.2) is 5.82 Å². The van der Waals surface area contributed by atoms with Gasteiger partial charge in [0.2, 0.25) is 0 Å². The smallest absolute Gasteiger partial charge is 0.183 e. The Balaban J connectivity index is 1.81. The van der Waals surface area contributed by atoms with E-state index < -0.39 is 0 Å². The van der Waals surface area contributed by atoms with Crippen LogP contribution in [0.4, 0.5) is 5.69 Å². The van der Waals surface area contributed by atoms with Crippen LogP contribution in [0.1, 0.15) is 15.6 Å². The number of nitrogens with zero attached hydrogens (tertiary/aromatic N) is 3. The molecule has 3 aromatic rings. The first kappa shape index (κ1) is 13.3. The Morgan fingerprint density at radius 3 is 2.86 bits per heavy atom. The van der Waals surface area contributed by atoms with E-state index in [1.807, 2.05) is 43.3 Å². The number of hydrogen-bond donors (Lipinski definition) is 2. The average Bonchev–Trinajstić information content (AvgIpc) is 3.14. The zero-order valence-corrected chi connectivity index (χ0v) is 12.2. The molecule has 104 valence electrons. The lowest BCUT2D eigenvalue weighted by Gasteiger charge is -2.08. The fourth-order valence-corrected chi connectivity index (χ4v) is 2.76. The number of thiophene rings is 1. The summed E-state index contributed by atoms with van der Waals surface area (Å²) in [4.78, 5) is 6.21. The van der Waals surface area contributed by atoms with Crippen LogP contribution in [0.25, 0.3) is 11.4 Å². The summed E-state index contributed by atoms with van der Waals surface area (Å²) in [6.45, 7) is 2.55. The lowest BCUT2D eigenvalue weighted by atomic mass is 10.1. The molecule has 0 aliphatic heterocycles. The number of hydrogen-bond acceptors (Lipinski definition) is 5. The second-order valence-electron chi connectivity index (χ2n) is 4.52.